The van der Waals surface area contributed by atoms with Crippen molar-refractivity contribution in [3.63, 3.8) is 0 Å². The molecule has 6 nitrogen and oxygen atoms in total. The van der Waals surface area contributed by atoms with Gasteiger partial charge < -0.3 is 15.1 Å². The first-order valence-electron chi connectivity index (χ1n) is 8.31. The van der Waals surface area contributed by atoms with Crippen LogP contribution in [0.4, 0.5) is 0 Å². The molecule has 1 aromatic heterocycles. The van der Waals surface area contributed by atoms with Crippen molar-refractivity contribution in [2.24, 2.45) is 0 Å². The summed E-state index contributed by atoms with van der Waals surface area (Å²) < 4.78 is 0. The molecule has 0 saturated carbocycles. The monoisotopic (exact) mass is 374 g/mol. The molecule has 3 rings (SSSR count). The summed E-state index contributed by atoms with van der Waals surface area (Å²) in [5.74, 6) is -0.178. The Balaban J connectivity index is 0.00000243. The number of hydrogen-bond acceptors (Lipinski definition) is 4. The fourth-order valence-corrected chi connectivity index (χ4v) is 3.03. The van der Waals surface area contributed by atoms with Crippen LogP contribution in [0.1, 0.15) is 32.3 Å². The molecule has 26 heavy (non-hydrogen) atoms. The van der Waals surface area contributed by atoms with Crippen LogP contribution in [-0.2, 0) is 0 Å². The summed E-state index contributed by atoms with van der Waals surface area (Å²) in [7, 11) is 3.40. The van der Waals surface area contributed by atoms with Crippen molar-refractivity contribution in [3.05, 3.63) is 65.5 Å². The van der Waals surface area contributed by atoms with E-state index in [2.05, 4.69) is 10.3 Å². The third kappa shape index (κ3) is 4.20. The van der Waals surface area contributed by atoms with Gasteiger partial charge in [0.15, 0.2) is 0 Å². The zero-order valence-corrected chi connectivity index (χ0v) is 15.7. The maximum Gasteiger partial charge on any atom is 0.254 e. The van der Waals surface area contributed by atoms with E-state index in [9.17, 15) is 9.59 Å². The molecular weight excluding hydrogens is 352 g/mol. The number of nitrogens with zero attached hydrogens (tertiary/aromatic N) is 3. The van der Waals surface area contributed by atoms with Gasteiger partial charge in [0.25, 0.3) is 11.8 Å². The van der Waals surface area contributed by atoms with E-state index in [0.29, 0.717) is 24.2 Å². The number of hydrogen-bond donors (Lipinski definition) is 1. The van der Waals surface area contributed by atoms with Crippen molar-refractivity contribution in [1.82, 2.24) is 20.1 Å². The van der Waals surface area contributed by atoms with E-state index in [4.69, 9.17) is 0 Å². The van der Waals surface area contributed by atoms with Gasteiger partial charge in [-0.05, 0) is 29.8 Å². The largest absolute Gasteiger partial charge is 0.345 e. The van der Waals surface area contributed by atoms with Gasteiger partial charge in [-0.1, -0.05) is 12.1 Å². The first kappa shape index (κ1) is 19.9. The summed E-state index contributed by atoms with van der Waals surface area (Å²) in [5, 5.41) is 3.33. The van der Waals surface area contributed by atoms with Gasteiger partial charge in [-0.15, -0.1) is 12.4 Å². The molecule has 0 spiro atoms. The second-order valence-corrected chi connectivity index (χ2v) is 6.29. The normalized spacial score (nSPS) is 16.5. The molecule has 138 valence electrons. The van der Waals surface area contributed by atoms with E-state index in [1.165, 1.54) is 4.90 Å². The molecule has 1 aromatic carbocycles. The number of rotatable bonds is 3. The topological polar surface area (TPSA) is 65.5 Å². The lowest BCUT2D eigenvalue weighted by atomic mass is 10.0. The molecule has 1 atom stereocenters. The third-order valence-corrected chi connectivity index (χ3v) is 4.34. The smallest absolute Gasteiger partial charge is 0.254 e. The van der Waals surface area contributed by atoms with Crippen LogP contribution in [0.5, 0.6) is 0 Å². The number of carbonyl (C=O) groups is 2. The lowest BCUT2D eigenvalue weighted by molar-refractivity contribution is 0.0634. The maximum absolute atomic E-state index is 13.1. The summed E-state index contributed by atoms with van der Waals surface area (Å²) in [4.78, 5) is 32.8. The number of piperazine rings is 1. The lowest BCUT2D eigenvalue weighted by Gasteiger charge is -2.36. The quantitative estimate of drug-likeness (QED) is 0.892. The van der Waals surface area contributed by atoms with Crippen molar-refractivity contribution in [3.8, 4) is 0 Å². The Hall–Kier alpha value is -2.44. The molecule has 7 heteroatoms. The fraction of sp³-hybridized carbons (Fsp3) is 0.316. The van der Waals surface area contributed by atoms with Gasteiger partial charge in [0.2, 0.25) is 0 Å². The van der Waals surface area contributed by atoms with Gasteiger partial charge in [0, 0.05) is 57.3 Å². The Kier molecular flexibility index (Phi) is 6.71. The van der Waals surface area contributed by atoms with Crippen molar-refractivity contribution in [1.29, 1.82) is 0 Å². The Bertz CT molecular complexity index is 767. The minimum Gasteiger partial charge on any atom is -0.345 e. The molecule has 1 fully saturated rings. The fourth-order valence-electron chi connectivity index (χ4n) is 3.03. The standard InChI is InChI=1S/C19H22N4O2.ClH/c1-22(2)18(24)14-5-3-6-15(11-14)19(25)23-10-9-21-13-17(23)16-7-4-8-20-12-16;/h3-8,11-12,17,21H,9-10,13H2,1-2H3;1H. The molecule has 0 bridgehead atoms. The van der Waals surface area contributed by atoms with Gasteiger partial charge in [-0.2, -0.15) is 0 Å². The van der Waals surface area contributed by atoms with Crippen LogP contribution in [-0.4, -0.2) is 60.3 Å². The molecule has 2 amide bonds. The Labute approximate surface area is 159 Å². The number of benzene rings is 1. The van der Waals surface area contributed by atoms with Gasteiger partial charge in [0.05, 0.1) is 6.04 Å². The Morgan fingerprint density at radius 2 is 1.96 bits per heavy atom. The highest BCUT2D eigenvalue weighted by Gasteiger charge is 2.29. The third-order valence-electron chi connectivity index (χ3n) is 4.34. The lowest BCUT2D eigenvalue weighted by Crippen LogP contribution is -2.48. The average molecular weight is 375 g/mol. The minimum absolute atomic E-state index is 0. The first-order chi connectivity index (χ1) is 12.1. The summed E-state index contributed by atoms with van der Waals surface area (Å²) in [6.45, 7) is 2.05. The van der Waals surface area contributed by atoms with Crippen LogP contribution < -0.4 is 5.32 Å². The highest BCUT2D eigenvalue weighted by Crippen LogP contribution is 2.24. The summed E-state index contributed by atoms with van der Waals surface area (Å²) in [5.41, 5.74) is 2.05. The summed E-state index contributed by atoms with van der Waals surface area (Å²) >= 11 is 0. The first-order valence-corrected chi connectivity index (χ1v) is 8.31. The number of carbonyl (C=O) groups excluding carboxylic acids is 2. The molecule has 1 unspecified atom stereocenters. The molecule has 2 heterocycles. The van der Waals surface area contributed by atoms with Crippen LogP contribution in [0, 0.1) is 0 Å². The van der Waals surface area contributed by atoms with Gasteiger partial charge >= 0.3 is 0 Å². The molecule has 1 aliphatic heterocycles. The molecule has 0 radical (unpaired) electrons. The number of nitrogens with one attached hydrogen (secondary N) is 1. The van der Waals surface area contributed by atoms with E-state index >= 15 is 0 Å². The average Bonchev–Trinajstić information content (AvgIpc) is 2.67. The molecule has 0 aliphatic carbocycles. The van der Waals surface area contributed by atoms with Gasteiger partial charge in [-0.3, -0.25) is 14.6 Å². The Morgan fingerprint density at radius 1 is 1.19 bits per heavy atom. The summed E-state index contributed by atoms with van der Waals surface area (Å²) in [6, 6.07) is 10.7. The predicted molar refractivity (Wildman–Crippen MR) is 103 cm³/mol. The molecule has 2 aromatic rings. The molecule has 1 N–H and O–H groups in total. The van der Waals surface area contributed by atoms with Crippen LogP contribution in [0.25, 0.3) is 0 Å². The van der Waals surface area contributed by atoms with E-state index in [1.54, 1.807) is 50.8 Å². The molecule has 1 saturated heterocycles. The van der Waals surface area contributed by atoms with Crippen LogP contribution in [0.3, 0.4) is 0 Å². The second kappa shape index (κ2) is 8.78. The zero-order chi connectivity index (χ0) is 17.8. The maximum atomic E-state index is 13.1. The second-order valence-electron chi connectivity index (χ2n) is 6.29. The number of pyridine rings is 1. The number of aromatic nitrogens is 1. The highest BCUT2D eigenvalue weighted by molar-refractivity contribution is 5.99. The number of halogens is 1. The minimum atomic E-state index is -0.112. The van der Waals surface area contributed by atoms with E-state index in [-0.39, 0.29) is 30.3 Å². The number of amides is 2. The van der Waals surface area contributed by atoms with Crippen molar-refractivity contribution in [2.45, 2.75) is 6.04 Å². The van der Waals surface area contributed by atoms with Crippen LogP contribution in [0.15, 0.2) is 48.8 Å². The van der Waals surface area contributed by atoms with Crippen LogP contribution in [0.2, 0.25) is 0 Å². The van der Waals surface area contributed by atoms with Gasteiger partial charge in [-0.25, -0.2) is 0 Å². The van der Waals surface area contributed by atoms with E-state index in [0.717, 1.165) is 12.1 Å². The zero-order valence-electron chi connectivity index (χ0n) is 14.9. The molecule has 1 aliphatic rings. The van der Waals surface area contributed by atoms with Crippen molar-refractivity contribution >= 4 is 24.2 Å². The Morgan fingerprint density at radius 3 is 2.65 bits per heavy atom. The highest BCUT2D eigenvalue weighted by atomic mass is 35.5. The van der Waals surface area contributed by atoms with E-state index in [1.807, 2.05) is 17.0 Å². The summed E-state index contributed by atoms with van der Waals surface area (Å²) in [6.07, 6.45) is 3.52. The SMILES string of the molecule is CN(C)C(=O)c1cccc(C(=O)N2CCNCC2c2cccnc2)c1.Cl. The molecular formula is C19H23ClN4O2. The van der Waals surface area contributed by atoms with Crippen LogP contribution >= 0.6 is 12.4 Å². The van der Waals surface area contributed by atoms with Gasteiger partial charge in [0.1, 0.15) is 0 Å². The van der Waals surface area contributed by atoms with E-state index < -0.39 is 0 Å². The van der Waals surface area contributed by atoms with Crippen molar-refractivity contribution in [2.75, 3.05) is 33.7 Å². The van der Waals surface area contributed by atoms with Crippen molar-refractivity contribution < 1.29 is 9.59 Å². The predicted octanol–water partition coefficient (Wildman–Crippen LogP) is 1.99.